The monoisotopic (exact) mass is 923 g/mol. The van der Waals surface area contributed by atoms with Gasteiger partial charge in [0.1, 0.15) is 8.24 Å². The predicted octanol–water partition coefficient (Wildman–Crippen LogP) is 13.0. The molecule has 0 fully saturated rings. The zero-order valence-corrected chi connectivity index (χ0v) is 27.8. The Morgan fingerprint density at radius 1 is 0.304 bits per heavy atom. The molecule has 0 heterocycles. The average Bonchev–Trinajstić information content (AvgIpc) is 2.99. The largest absolute Gasteiger partial charge is 0.460 e. The maximum Gasteiger partial charge on any atom is 0.460 e. The number of hydrogen-bond acceptors (Lipinski definition) is 1. The molecule has 0 aliphatic heterocycles. The number of alkyl halides is 30. The second kappa shape index (κ2) is 15.3. The van der Waals surface area contributed by atoms with E-state index in [1.165, 1.54) is 6.92 Å². The van der Waals surface area contributed by atoms with E-state index in [4.69, 9.17) is 5.40 Å². The first kappa shape index (κ1) is 54.1. The summed E-state index contributed by atoms with van der Waals surface area (Å²) in [7, 11) is -5.39. The van der Waals surface area contributed by atoms with E-state index in [0.717, 1.165) is 0 Å². The van der Waals surface area contributed by atoms with Crippen LogP contribution in [0.4, 0.5) is 132 Å². The quantitative estimate of drug-likeness (QED) is 0.0693. The van der Waals surface area contributed by atoms with Gasteiger partial charge in [-0.2, -0.15) is 132 Å². The van der Waals surface area contributed by atoms with Gasteiger partial charge in [-0.1, -0.05) is 32.6 Å². The fraction of sp³-hybridized carbons (Fsp3) is 1.00. The first-order valence-electron chi connectivity index (χ1n) is 14.4. The highest BCUT2D eigenvalue weighted by atomic mass is 28.3. The molecular formula is C24H23F30NSi. The third-order valence-electron chi connectivity index (χ3n) is 8.19. The molecule has 0 aliphatic carbocycles. The first-order chi connectivity index (χ1) is 24.0. The Morgan fingerprint density at radius 3 is 0.768 bits per heavy atom. The van der Waals surface area contributed by atoms with E-state index in [2.05, 4.69) is 0 Å². The van der Waals surface area contributed by atoms with Gasteiger partial charge in [0, 0.05) is 12.8 Å². The highest BCUT2D eigenvalue weighted by Crippen LogP contribution is 2.65. The summed E-state index contributed by atoms with van der Waals surface area (Å²) in [5.41, 5.74) is 0. The molecule has 1 nitrogen and oxygen atoms in total. The Labute approximate surface area is 293 Å². The lowest BCUT2D eigenvalue weighted by Crippen LogP contribution is -2.72. The van der Waals surface area contributed by atoms with Crippen molar-refractivity contribution >= 4 is 8.24 Å². The Bertz CT molecular complexity index is 1220. The van der Waals surface area contributed by atoms with Crippen molar-refractivity contribution in [3.05, 3.63) is 0 Å². The lowest BCUT2D eigenvalue weighted by atomic mass is 9.90. The van der Waals surface area contributed by atoms with Gasteiger partial charge in [-0.05, 0) is 18.1 Å². The zero-order valence-electron chi connectivity index (χ0n) is 26.8. The molecule has 0 atom stereocenters. The first-order valence-corrected chi connectivity index (χ1v) is 17.1. The van der Waals surface area contributed by atoms with Crippen LogP contribution in [0.2, 0.25) is 18.1 Å². The van der Waals surface area contributed by atoms with Crippen molar-refractivity contribution in [1.29, 1.82) is 0 Å². The third-order valence-corrected chi connectivity index (χ3v) is 12.0. The van der Waals surface area contributed by atoms with Gasteiger partial charge in [0.15, 0.2) is 0 Å². The molecule has 0 aromatic heterocycles. The topological polar surface area (TPSA) is 26.0 Å². The van der Waals surface area contributed by atoms with Crippen molar-refractivity contribution in [2.45, 2.75) is 147 Å². The Morgan fingerprint density at radius 2 is 0.536 bits per heavy atom. The summed E-state index contributed by atoms with van der Waals surface area (Å²) in [5, 5.41) is 5.44. The van der Waals surface area contributed by atoms with Gasteiger partial charge in [-0.25, -0.2) is 0 Å². The second-order valence-corrected chi connectivity index (χ2v) is 16.5. The molecule has 0 spiro atoms. The van der Waals surface area contributed by atoms with Gasteiger partial charge in [0.2, 0.25) is 0 Å². The standard InChI is InChI=1S/C24H23F30NSi/c1-2-3-4-5-8-56(55,9-6-11(25,26)13(29,30)15(33,34)17(37,38)19(41,42)21(45,46)23(49,50)51)10-7-12(27,28)14(31,32)16(35,36)18(39,40)20(43,44)22(47,48)24(52,53)54/h2-10,55H2,1H3. The second-order valence-electron chi connectivity index (χ2n) is 12.3. The minimum atomic E-state index is -8.77. The van der Waals surface area contributed by atoms with Crippen LogP contribution in [-0.4, -0.2) is 91.7 Å². The van der Waals surface area contributed by atoms with E-state index in [1.807, 2.05) is 0 Å². The Kier molecular flexibility index (Phi) is 14.7. The molecular weight excluding hydrogens is 900 g/mol. The third kappa shape index (κ3) is 8.41. The van der Waals surface area contributed by atoms with Crippen molar-refractivity contribution in [3.8, 4) is 0 Å². The number of hydrogen-bond donors (Lipinski definition) is 1. The molecule has 338 valence electrons. The smallest absolute Gasteiger partial charge is 0.351 e. The van der Waals surface area contributed by atoms with Crippen LogP contribution in [-0.2, 0) is 0 Å². The molecule has 0 aromatic rings. The molecule has 2 N–H and O–H groups in total. The van der Waals surface area contributed by atoms with Crippen LogP contribution >= 0.6 is 0 Å². The molecule has 0 saturated heterocycles. The van der Waals surface area contributed by atoms with E-state index in [-0.39, 0.29) is 19.3 Å². The van der Waals surface area contributed by atoms with Gasteiger partial charge in [-0.15, -0.1) is 0 Å². The summed E-state index contributed by atoms with van der Waals surface area (Å²) in [6.07, 6.45) is -23.4. The fourth-order valence-electron chi connectivity index (χ4n) is 4.40. The number of nitrogens with two attached hydrogens (primary N) is 1. The van der Waals surface area contributed by atoms with E-state index in [1.54, 1.807) is 0 Å². The normalized spacial score (nSPS) is 16.5. The molecule has 0 amide bonds. The molecule has 0 aliphatic rings. The van der Waals surface area contributed by atoms with Crippen molar-refractivity contribution in [2.75, 3.05) is 0 Å². The van der Waals surface area contributed by atoms with Crippen molar-refractivity contribution in [1.82, 2.24) is 0 Å². The van der Waals surface area contributed by atoms with Crippen LogP contribution < -0.4 is 5.40 Å². The summed E-state index contributed by atoms with van der Waals surface area (Å²) in [6.45, 7) is 1.38. The Balaban J connectivity index is 6.92. The highest BCUT2D eigenvalue weighted by molar-refractivity contribution is 6.76. The van der Waals surface area contributed by atoms with Gasteiger partial charge in [-0.3, -0.25) is 0 Å². The molecule has 0 saturated carbocycles. The molecule has 0 bridgehead atoms. The molecule has 56 heavy (non-hydrogen) atoms. The van der Waals surface area contributed by atoms with Crippen LogP contribution in [0, 0.1) is 0 Å². The summed E-state index contributed by atoms with van der Waals surface area (Å²) in [4.78, 5) is 0. The summed E-state index contributed by atoms with van der Waals surface area (Å²) >= 11 is 0. The van der Waals surface area contributed by atoms with Crippen molar-refractivity contribution in [2.24, 2.45) is 5.40 Å². The lowest BCUT2D eigenvalue weighted by molar-refractivity contribution is -0.452. The molecule has 0 unspecified atom stereocenters. The number of rotatable bonds is 21. The minimum Gasteiger partial charge on any atom is -0.351 e. The van der Waals surface area contributed by atoms with Crippen molar-refractivity contribution in [3.63, 3.8) is 0 Å². The summed E-state index contributed by atoms with van der Waals surface area (Å²) in [5.74, 6) is -99.4. The maximum atomic E-state index is 14.4. The molecule has 0 aromatic carbocycles. The lowest BCUT2D eigenvalue weighted by Gasteiger charge is -2.42. The van der Waals surface area contributed by atoms with Gasteiger partial charge in [0.25, 0.3) is 0 Å². The molecule has 0 radical (unpaired) electrons. The van der Waals surface area contributed by atoms with E-state index >= 15 is 0 Å². The average molecular weight is 923 g/mol. The van der Waals surface area contributed by atoms with Crippen molar-refractivity contribution < 1.29 is 132 Å². The van der Waals surface area contributed by atoms with Crippen LogP contribution in [0.1, 0.15) is 45.4 Å². The summed E-state index contributed by atoms with van der Waals surface area (Å²) in [6, 6.07) is -5.97. The Hall–Kier alpha value is -1.92. The fourth-order valence-corrected chi connectivity index (χ4v) is 7.73. The molecule has 32 heteroatoms. The SMILES string of the molecule is CCCCCC[Si](N)(CCC(F)(F)C(F)(F)C(F)(F)C(F)(F)C(F)(F)C(F)(F)C(F)(F)F)CCC(F)(F)C(F)(F)C(F)(F)C(F)(F)C(F)(F)C(F)(F)C(F)(F)F. The van der Waals surface area contributed by atoms with E-state index in [9.17, 15) is 132 Å². The van der Waals surface area contributed by atoms with Crippen LogP contribution in [0.5, 0.6) is 0 Å². The number of halogens is 30. The zero-order chi connectivity index (χ0) is 45.9. The summed E-state index contributed by atoms with van der Waals surface area (Å²) < 4.78 is 405. The van der Waals surface area contributed by atoms with Gasteiger partial charge >= 0.3 is 83.4 Å². The maximum absolute atomic E-state index is 14.4. The number of unbranched alkanes of at least 4 members (excludes halogenated alkanes) is 3. The van der Waals surface area contributed by atoms with Gasteiger partial charge < -0.3 is 5.40 Å². The van der Waals surface area contributed by atoms with Crippen LogP contribution in [0.25, 0.3) is 0 Å². The van der Waals surface area contributed by atoms with Gasteiger partial charge in [0.05, 0.1) is 0 Å². The van der Waals surface area contributed by atoms with E-state index < -0.39 is 129 Å². The highest BCUT2D eigenvalue weighted by Gasteiger charge is 2.94. The van der Waals surface area contributed by atoms with E-state index in [0.29, 0.717) is 0 Å². The molecule has 0 rings (SSSR count). The minimum absolute atomic E-state index is 0.00307. The van der Waals surface area contributed by atoms with Crippen LogP contribution in [0.15, 0.2) is 0 Å². The van der Waals surface area contributed by atoms with Crippen LogP contribution in [0.3, 0.4) is 0 Å². The predicted molar refractivity (Wildman–Crippen MR) is 129 cm³/mol.